The molecule has 3 nitrogen and oxygen atoms in total. The van der Waals surface area contributed by atoms with E-state index in [0.29, 0.717) is 0 Å². The van der Waals surface area contributed by atoms with Gasteiger partial charge in [-0.25, -0.2) is 0 Å². The Morgan fingerprint density at radius 3 is 1.00 bits per heavy atom. The molecular weight excluding hydrogens is 336 g/mol. The summed E-state index contributed by atoms with van der Waals surface area (Å²) in [4.78, 5) is 0. The van der Waals surface area contributed by atoms with Crippen LogP contribution in [0.2, 0.25) is 7.44 Å². The van der Waals surface area contributed by atoms with Gasteiger partial charge in [0.1, 0.15) is 0 Å². The summed E-state index contributed by atoms with van der Waals surface area (Å²) in [6.45, 7) is 24.8. The molecule has 0 saturated carbocycles. The van der Waals surface area contributed by atoms with Gasteiger partial charge < -0.3 is 0 Å². The molecule has 0 aliphatic rings. The average molecular weight is 380 g/mol. The van der Waals surface area contributed by atoms with Crippen LogP contribution in [-0.4, -0.2) is 11.2 Å². The molecule has 0 saturated heterocycles. The second-order valence-corrected chi connectivity index (χ2v) is 17.8. The fraction of sp³-hybridized carbons (Fsp3) is 1.00. The molecule has 0 N–H and O–H groups in total. The van der Waals surface area contributed by atoms with Crippen LogP contribution in [0.1, 0.15) is 109 Å². The van der Waals surface area contributed by atoms with Crippen molar-refractivity contribution in [2.45, 2.75) is 127 Å². The molecule has 0 aliphatic carbocycles. The molecule has 0 spiro atoms. The van der Waals surface area contributed by atoms with Crippen LogP contribution in [0.3, 0.4) is 0 Å². The average Bonchev–Trinajstić information content (AvgIpc) is 2.45. The monoisotopic (exact) mass is 380 g/mol. The van der Waals surface area contributed by atoms with E-state index in [9.17, 15) is 0 Å². The molecule has 0 heterocycles. The molecule has 146 valence electrons. The van der Waals surface area contributed by atoms with E-state index in [-0.39, 0.29) is 0 Å². The summed E-state index contributed by atoms with van der Waals surface area (Å²) >= 11 is -5.23. The zero-order valence-electron chi connectivity index (χ0n) is 18.6. The van der Waals surface area contributed by atoms with Crippen LogP contribution in [0.15, 0.2) is 0 Å². The van der Waals surface area contributed by atoms with Gasteiger partial charge in [-0.15, -0.1) is 0 Å². The van der Waals surface area contributed by atoms with E-state index in [0.717, 1.165) is 25.7 Å². The van der Waals surface area contributed by atoms with Crippen molar-refractivity contribution < 1.29 is 26.0 Å². The molecule has 0 unspecified atom stereocenters. The predicted molar refractivity (Wildman–Crippen MR) is 100 cm³/mol. The van der Waals surface area contributed by atoms with Gasteiger partial charge in [-0.1, -0.05) is 0 Å². The van der Waals surface area contributed by atoms with Crippen LogP contribution in [0.5, 0.6) is 0 Å². The third kappa shape index (κ3) is 4.05. The van der Waals surface area contributed by atoms with Gasteiger partial charge in [-0.2, -0.15) is 0 Å². The first-order chi connectivity index (χ1) is 10.5. The zero-order valence-corrected chi connectivity index (χ0v) is 20.1. The first kappa shape index (κ1) is 24.4. The third-order valence-electron chi connectivity index (χ3n) is 6.73. The molecule has 0 atom stereocenters. The van der Waals surface area contributed by atoms with Gasteiger partial charge in [0.15, 0.2) is 0 Å². The minimum atomic E-state index is -5.23. The minimum absolute atomic E-state index is 0.484. The van der Waals surface area contributed by atoms with Crippen molar-refractivity contribution in [3.05, 3.63) is 0 Å². The molecule has 24 heavy (non-hydrogen) atoms. The van der Waals surface area contributed by atoms with Crippen molar-refractivity contribution in [1.29, 1.82) is 0 Å². The Morgan fingerprint density at radius 2 is 0.833 bits per heavy atom. The number of hydrogen-bond donors (Lipinski definition) is 0. The standard InChI is InChI=1S/2C5H11O.2C5H11.O.Ti/c2*1-4-5(2,3)6;2*1-4-5(2)3;;/h2*4H2,1-3H3;2*4H2,1-3H3;;/q2*-1;;;;+2. The van der Waals surface area contributed by atoms with Gasteiger partial charge >= 0.3 is 153 Å². The van der Waals surface area contributed by atoms with E-state index < -0.39 is 34.7 Å². The Labute approximate surface area is 153 Å². The van der Waals surface area contributed by atoms with Crippen LogP contribution < -0.4 is 0 Å². The van der Waals surface area contributed by atoms with Crippen LogP contribution in [0.4, 0.5) is 0 Å². The van der Waals surface area contributed by atoms with Crippen molar-refractivity contribution in [2.75, 3.05) is 0 Å². The second kappa shape index (κ2) is 7.21. The van der Waals surface area contributed by atoms with Crippen molar-refractivity contribution in [2.24, 2.45) is 0 Å². The van der Waals surface area contributed by atoms with Gasteiger partial charge in [-0.05, 0) is 0 Å². The molecule has 0 bridgehead atoms. The van der Waals surface area contributed by atoms with Crippen molar-refractivity contribution >= 4 is 0 Å². The van der Waals surface area contributed by atoms with Crippen LogP contribution in [0.25, 0.3) is 0 Å². The Balaban J connectivity index is 6.88. The fourth-order valence-electron chi connectivity index (χ4n) is 3.25. The maximum absolute atomic E-state index is 15.3. The summed E-state index contributed by atoms with van der Waals surface area (Å²) in [5, 5.41) is 0. The molecule has 0 radical (unpaired) electrons. The molecule has 0 aromatic rings. The van der Waals surface area contributed by atoms with Gasteiger partial charge in [-0.3, -0.25) is 0 Å². The molecule has 0 fully saturated rings. The van der Waals surface area contributed by atoms with Crippen molar-refractivity contribution in [1.82, 2.24) is 0 Å². The molecule has 0 amide bonds. The quantitative estimate of drug-likeness (QED) is 0.369. The van der Waals surface area contributed by atoms with E-state index >= 15 is 3.32 Å². The Morgan fingerprint density at radius 1 is 0.583 bits per heavy atom. The van der Waals surface area contributed by atoms with E-state index in [2.05, 4.69) is 55.4 Å². The van der Waals surface area contributed by atoms with Gasteiger partial charge in [0.2, 0.25) is 0 Å². The van der Waals surface area contributed by atoms with Crippen molar-refractivity contribution in [3.63, 3.8) is 0 Å². The second-order valence-electron chi connectivity index (χ2n) is 9.89. The van der Waals surface area contributed by atoms with E-state index in [1.54, 1.807) is 0 Å². The Bertz CT molecular complexity index is 443. The summed E-state index contributed by atoms with van der Waals surface area (Å²) in [5.41, 5.74) is -0.969. The first-order valence-corrected chi connectivity index (χ1v) is 13.2. The van der Waals surface area contributed by atoms with Crippen LogP contribution >= 0.6 is 0 Å². The van der Waals surface area contributed by atoms with Crippen LogP contribution in [0, 0.1) is 0 Å². The maximum atomic E-state index is 15.3. The molecule has 0 aliphatic heterocycles. The summed E-state index contributed by atoms with van der Waals surface area (Å²) in [6, 6.07) is 0. The Kier molecular flexibility index (Phi) is 7.34. The molecule has 0 rings (SSSR count). The number of rotatable bonds is 10. The SMILES string of the molecule is CCC(C)(C)[O][Ti](=[O])([O]C(C)(C)CC)([C](C)(C)CC)[C](C)(C)CC. The van der Waals surface area contributed by atoms with Gasteiger partial charge in [0.25, 0.3) is 0 Å². The predicted octanol–water partition coefficient (Wildman–Crippen LogP) is 7.48. The Hall–Kier alpha value is 0.434. The molecular formula is C20H44O3Ti. The molecule has 4 heteroatoms. The first-order valence-electron chi connectivity index (χ1n) is 9.76. The molecule has 0 aromatic heterocycles. The molecule has 0 aromatic carbocycles. The summed E-state index contributed by atoms with van der Waals surface area (Å²) in [5.74, 6) is 0. The van der Waals surface area contributed by atoms with E-state index in [1.807, 2.05) is 27.7 Å². The van der Waals surface area contributed by atoms with Crippen LogP contribution in [-0.2, 0) is 26.0 Å². The summed E-state index contributed by atoms with van der Waals surface area (Å²) in [6.07, 6.45) is 3.11. The van der Waals surface area contributed by atoms with E-state index in [1.165, 1.54) is 0 Å². The van der Waals surface area contributed by atoms with E-state index in [4.69, 9.17) is 6.64 Å². The number of hydrogen-bond acceptors (Lipinski definition) is 3. The normalized spacial score (nSPS) is 15.7. The summed E-state index contributed by atoms with van der Waals surface area (Å²) in [7, 11) is 0. The third-order valence-corrected chi connectivity index (χ3v) is 18.0. The topological polar surface area (TPSA) is 35.5 Å². The van der Waals surface area contributed by atoms with Gasteiger partial charge in [0, 0.05) is 0 Å². The van der Waals surface area contributed by atoms with Gasteiger partial charge in [0.05, 0.1) is 0 Å². The van der Waals surface area contributed by atoms with Crippen molar-refractivity contribution in [3.8, 4) is 0 Å². The zero-order chi connectivity index (χ0) is 19.7. The summed E-state index contributed by atoms with van der Waals surface area (Å²) < 4.78 is 27.7. The fourth-order valence-corrected chi connectivity index (χ4v) is 13.4.